The molecule has 2 amide bonds. The Morgan fingerprint density at radius 1 is 1.25 bits per heavy atom. The fraction of sp³-hybridized carbons (Fsp3) is 0.278. The van der Waals surface area contributed by atoms with Crippen LogP contribution in [-0.4, -0.2) is 34.0 Å². The van der Waals surface area contributed by atoms with Gasteiger partial charge < -0.3 is 10.2 Å². The molecule has 2 aromatic rings. The maximum absolute atomic E-state index is 13.0. The van der Waals surface area contributed by atoms with Gasteiger partial charge in [-0.25, -0.2) is 0 Å². The number of anilines is 1. The number of rotatable bonds is 2. The first-order valence-corrected chi connectivity index (χ1v) is 8.98. The van der Waals surface area contributed by atoms with E-state index in [1.807, 2.05) is 29.2 Å². The SMILES string of the molecule is O=C1CSc2ccc(C(=O)N3CCC[C@@H]3c3ccncc3)cc2N1. The molecular weight excluding hydrogens is 322 g/mol. The molecule has 6 heteroatoms. The van der Waals surface area contributed by atoms with E-state index in [1.165, 1.54) is 11.8 Å². The minimum absolute atomic E-state index is 0.0157. The fourth-order valence-corrected chi connectivity index (χ4v) is 4.11. The highest BCUT2D eigenvalue weighted by Gasteiger charge is 2.31. The topological polar surface area (TPSA) is 62.3 Å². The second-order valence-corrected chi connectivity index (χ2v) is 7.00. The first kappa shape index (κ1) is 15.2. The predicted octanol–water partition coefficient (Wildman–Crippen LogP) is 3.10. The number of carbonyl (C=O) groups excluding carboxylic acids is 2. The number of hydrogen-bond donors (Lipinski definition) is 1. The quantitative estimate of drug-likeness (QED) is 0.913. The molecule has 1 saturated heterocycles. The smallest absolute Gasteiger partial charge is 0.254 e. The van der Waals surface area contributed by atoms with Crippen molar-refractivity contribution in [2.75, 3.05) is 17.6 Å². The maximum Gasteiger partial charge on any atom is 0.254 e. The molecule has 0 spiro atoms. The van der Waals surface area contributed by atoms with E-state index in [4.69, 9.17) is 0 Å². The van der Waals surface area contributed by atoms with Crippen LogP contribution in [0.15, 0.2) is 47.6 Å². The number of likely N-dealkylation sites (tertiary alicyclic amines) is 1. The van der Waals surface area contributed by atoms with Gasteiger partial charge in [-0.15, -0.1) is 11.8 Å². The molecule has 1 fully saturated rings. The van der Waals surface area contributed by atoms with E-state index in [9.17, 15) is 9.59 Å². The molecule has 2 aliphatic heterocycles. The van der Waals surface area contributed by atoms with Crippen LogP contribution in [0.1, 0.15) is 34.8 Å². The average molecular weight is 339 g/mol. The van der Waals surface area contributed by atoms with Crippen LogP contribution < -0.4 is 5.32 Å². The molecule has 3 heterocycles. The minimum Gasteiger partial charge on any atom is -0.332 e. The van der Waals surface area contributed by atoms with E-state index in [1.54, 1.807) is 18.5 Å². The van der Waals surface area contributed by atoms with Gasteiger partial charge >= 0.3 is 0 Å². The van der Waals surface area contributed by atoms with Crippen molar-refractivity contribution < 1.29 is 9.59 Å². The van der Waals surface area contributed by atoms with Crippen LogP contribution in [0, 0.1) is 0 Å². The number of pyridine rings is 1. The highest BCUT2D eigenvalue weighted by molar-refractivity contribution is 8.00. The summed E-state index contributed by atoms with van der Waals surface area (Å²) in [6.45, 7) is 0.754. The molecule has 1 N–H and O–H groups in total. The average Bonchev–Trinajstić information content (AvgIpc) is 3.11. The van der Waals surface area contributed by atoms with Crippen molar-refractivity contribution in [3.05, 3.63) is 53.9 Å². The van der Waals surface area contributed by atoms with E-state index in [0.29, 0.717) is 11.3 Å². The summed E-state index contributed by atoms with van der Waals surface area (Å²) < 4.78 is 0. The Morgan fingerprint density at radius 2 is 2.08 bits per heavy atom. The van der Waals surface area contributed by atoms with Gasteiger partial charge in [0.2, 0.25) is 5.91 Å². The van der Waals surface area contributed by atoms with Gasteiger partial charge in [0.05, 0.1) is 17.5 Å². The Morgan fingerprint density at radius 3 is 2.92 bits per heavy atom. The number of nitrogens with one attached hydrogen (secondary N) is 1. The Balaban J connectivity index is 1.61. The van der Waals surface area contributed by atoms with Gasteiger partial charge in [-0.1, -0.05) is 0 Å². The molecule has 0 saturated carbocycles. The zero-order valence-electron chi connectivity index (χ0n) is 13.1. The van der Waals surface area contributed by atoms with E-state index in [2.05, 4.69) is 10.3 Å². The van der Waals surface area contributed by atoms with Gasteiger partial charge in [-0.2, -0.15) is 0 Å². The van der Waals surface area contributed by atoms with Crippen LogP contribution in [-0.2, 0) is 4.79 Å². The minimum atomic E-state index is -0.0204. The van der Waals surface area contributed by atoms with Crippen LogP contribution in [0.4, 0.5) is 5.69 Å². The Hall–Kier alpha value is -2.34. The van der Waals surface area contributed by atoms with Crippen molar-refractivity contribution in [3.63, 3.8) is 0 Å². The van der Waals surface area contributed by atoms with Gasteiger partial charge in [-0.3, -0.25) is 14.6 Å². The molecule has 0 unspecified atom stereocenters. The number of carbonyl (C=O) groups is 2. The summed E-state index contributed by atoms with van der Waals surface area (Å²) in [5.41, 5.74) is 2.48. The zero-order chi connectivity index (χ0) is 16.5. The first-order chi connectivity index (χ1) is 11.7. The molecule has 122 valence electrons. The molecule has 2 aliphatic rings. The van der Waals surface area contributed by atoms with Crippen molar-refractivity contribution in [1.29, 1.82) is 0 Å². The first-order valence-electron chi connectivity index (χ1n) is 8.00. The second kappa shape index (κ2) is 6.28. The molecule has 4 rings (SSSR count). The van der Waals surface area contributed by atoms with Crippen LogP contribution in [0.3, 0.4) is 0 Å². The van der Waals surface area contributed by atoms with Gasteiger partial charge in [0.15, 0.2) is 0 Å². The van der Waals surface area contributed by atoms with Gasteiger partial charge in [0.1, 0.15) is 0 Å². The highest BCUT2D eigenvalue weighted by Crippen LogP contribution is 2.35. The zero-order valence-corrected chi connectivity index (χ0v) is 13.9. The lowest BCUT2D eigenvalue weighted by Crippen LogP contribution is -2.30. The van der Waals surface area contributed by atoms with E-state index in [0.717, 1.165) is 35.5 Å². The Kier molecular flexibility index (Phi) is 3.98. The number of benzene rings is 1. The number of aromatic nitrogens is 1. The van der Waals surface area contributed by atoms with Crippen molar-refractivity contribution >= 4 is 29.3 Å². The summed E-state index contributed by atoms with van der Waals surface area (Å²) in [7, 11) is 0. The second-order valence-electron chi connectivity index (χ2n) is 5.98. The van der Waals surface area contributed by atoms with Crippen molar-refractivity contribution in [2.45, 2.75) is 23.8 Å². The Labute approximate surface area is 144 Å². The predicted molar refractivity (Wildman–Crippen MR) is 93.0 cm³/mol. The van der Waals surface area contributed by atoms with Crippen LogP contribution in [0.2, 0.25) is 0 Å². The van der Waals surface area contributed by atoms with Crippen molar-refractivity contribution in [2.24, 2.45) is 0 Å². The monoisotopic (exact) mass is 339 g/mol. The highest BCUT2D eigenvalue weighted by atomic mass is 32.2. The van der Waals surface area contributed by atoms with Crippen LogP contribution >= 0.6 is 11.8 Å². The molecule has 0 aliphatic carbocycles. The molecular formula is C18H17N3O2S. The van der Waals surface area contributed by atoms with Crippen molar-refractivity contribution in [1.82, 2.24) is 9.88 Å². The summed E-state index contributed by atoms with van der Waals surface area (Å²) in [5.74, 6) is 0.422. The molecule has 1 aromatic heterocycles. The Bertz CT molecular complexity index is 794. The molecule has 1 aromatic carbocycles. The lowest BCUT2D eigenvalue weighted by atomic mass is 10.1. The third-order valence-corrected chi connectivity index (χ3v) is 5.54. The third kappa shape index (κ3) is 2.78. The lowest BCUT2D eigenvalue weighted by molar-refractivity contribution is -0.113. The van der Waals surface area contributed by atoms with Crippen LogP contribution in [0.25, 0.3) is 0 Å². The molecule has 0 bridgehead atoms. The van der Waals surface area contributed by atoms with Crippen LogP contribution in [0.5, 0.6) is 0 Å². The molecule has 24 heavy (non-hydrogen) atoms. The van der Waals surface area contributed by atoms with Crippen molar-refractivity contribution in [3.8, 4) is 0 Å². The van der Waals surface area contributed by atoms with E-state index >= 15 is 0 Å². The summed E-state index contributed by atoms with van der Waals surface area (Å²) in [6, 6.07) is 9.61. The number of hydrogen-bond acceptors (Lipinski definition) is 4. The van der Waals surface area contributed by atoms with E-state index < -0.39 is 0 Å². The number of thioether (sulfide) groups is 1. The normalized spacial score (nSPS) is 19.8. The number of amides is 2. The summed E-state index contributed by atoms with van der Waals surface area (Å²) >= 11 is 1.50. The maximum atomic E-state index is 13.0. The van der Waals surface area contributed by atoms with E-state index in [-0.39, 0.29) is 17.9 Å². The van der Waals surface area contributed by atoms with Gasteiger partial charge in [0, 0.05) is 29.4 Å². The fourth-order valence-electron chi connectivity index (χ4n) is 3.32. The summed E-state index contributed by atoms with van der Waals surface area (Å²) in [4.78, 5) is 31.5. The summed E-state index contributed by atoms with van der Waals surface area (Å²) in [5, 5.41) is 2.85. The lowest BCUT2D eigenvalue weighted by Gasteiger charge is -2.26. The number of nitrogens with zero attached hydrogens (tertiary/aromatic N) is 2. The largest absolute Gasteiger partial charge is 0.332 e. The molecule has 1 atom stereocenters. The standard InChI is InChI=1S/C18H17N3O2S/c22-17-11-24-16-4-3-13(10-14(16)20-17)18(23)21-9-1-2-15(21)12-5-7-19-8-6-12/h3-8,10,15H,1-2,9,11H2,(H,20,22)/t15-/m1/s1. The van der Waals surface area contributed by atoms with Gasteiger partial charge in [0.25, 0.3) is 5.91 Å². The third-order valence-electron chi connectivity index (χ3n) is 4.46. The molecule has 5 nitrogen and oxygen atoms in total. The molecule has 0 radical (unpaired) electrons. The number of fused-ring (bicyclic) bond motifs is 1. The summed E-state index contributed by atoms with van der Waals surface area (Å²) in [6.07, 6.45) is 5.49. The van der Waals surface area contributed by atoms with Gasteiger partial charge in [-0.05, 0) is 48.7 Å².